The van der Waals surface area contributed by atoms with Gasteiger partial charge in [0.25, 0.3) is 0 Å². The number of piperazine rings is 1. The minimum absolute atomic E-state index is 0. The Kier molecular flexibility index (Phi) is 11.9. The second-order valence-corrected chi connectivity index (χ2v) is 6.38. The number of amides is 1. The lowest BCUT2D eigenvalue weighted by Gasteiger charge is -2.41. The van der Waals surface area contributed by atoms with Gasteiger partial charge in [0, 0.05) is 50.5 Å². The van der Waals surface area contributed by atoms with Gasteiger partial charge in [-0.1, -0.05) is 6.92 Å². The van der Waals surface area contributed by atoms with Gasteiger partial charge in [-0.15, -0.1) is 36.6 Å². The van der Waals surface area contributed by atoms with Crippen LogP contribution in [-0.2, 0) is 9.53 Å². The van der Waals surface area contributed by atoms with E-state index >= 15 is 0 Å². The average Bonchev–Trinajstić information content (AvgIpc) is 3.01. The SMILES string of the molecule is CCOCCN1CCN(C(=O)C2CSCN2)CC1CC.Cl.Cl. The Morgan fingerprint density at radius 2 is 2.09 bits per heavy atom. The van der Waals surface area contributed by atoms with Crippen LogP contribution in [0.15, 0.2) is 0 Å². The molecule has 0 radical (unpaired) electrons. The molecule has 2 aliphatic heterocycles. The van der Waals surface area contributed by atoms with E-state index in [1.165, 1.54) is 0 Å². The molecule has 1 N–H and O–H groups in total. The number of halogens is 2. The number of hydrogen-bond acceptors (Lipinski definition) is 5. The average molecular weight is 374 g/mol. The lowest BCUT2D eigenvalue weighted by molar-refractivity contribution is -0.135. The predicted molar refractivity (Wildman–Crippen MR) is 97.5 cm³/mol. The fourth-order valence-electron chi connectivity index (χ4n) is 2.88. The summed E-state index contributed by atoms with van der Waals surface area (Å²) in [5, 5.41) is 3.28. The topological polar surface area (TPSA) is 44.8 Å². The maximum atomic E-state index is 12.4. The molecule has 0 bridgehead atoms. The van der Waals surface area contributed by atoms with E-state index in [1.807, 2.05) is 18.7 Å². The number of nitrogens with zero attached hydrogens (tertiary/aromatic N) is 2. The van der Waals surface area contributed by atoms with Crippen molar-refractivity contribution < 1.29 is 9.53 Å². The van der Waals surface area contributed by atoms with E-state index in [1.54, 1.807) is 0 Å². The molecule has 2 rings (SSSR count). The van der Waals surface area contributed by atoms with Crippen molar-refractivity contribution in [2.24, 2.45) is 0 Å². The molecule has 0 aromatic heterocycles. The van der Waals surface area contributed by atoms with Crippen LogP contribution in [-0.4, -0.2) is 78.8 Å². The molecular weight excluding hydrogens is 345 g/mol. The van der Waals surface area contributed by atoms with Gasteiger partial charge in [0.1, 0.15) is 0 Å². The summed E-state index contributed by atoms with van der Waals surface area (Å²) >= 11 is 1.81. The fourth-order valence-corrected chi connectivity index (χ4v) is 3.81. The molecule has 0 saturated carbocycles. The van der Waals surface area contributed by atoms with E-state index in [4.69, 9.17) is 4.74 Å². The summed E-state index contributed by atoms with van der Waals surface area (Å²) in [5.41, 5.74) is 0. The van der Waals surface area contributed by atoms with E-state index in [0.717, 1.165) is 57.4 Å². The molecule has 2 saturated heterocycles. The first-order valence-electron chi connectivity index (χ1n) is 7.68. The van der Waals surface area contributed by atoms with Crippen LogP contribution < -0.4 is 5.32 Å². The Hall–Kier alpha value is 0.280. The van der Waals surface area contributed by atoms with Crippen LogP contribution in [0.3, 0.4) is 0 Å². The van der Waals surface area contributed by atoms with Gasteiger partial charge >= 0.3 is 0 Å². The number of rotatable bonds is 6. The number of ether oxygens (including phenoxy) is 1. The van der Waals surface area contributed by atoms with Crippen LogP contribution in [0, 0.1) is 0 Å². The van der Waals surface area contributed by atoms with Gasteiger partial charge in [0.05, 0.1) is 12.6 Å². The van der Waals surface area contributed by atoms with Crippen LogP contribution in [0.5, 0.6) is 0 Å². The van der Waals surface area contributed by atoms with E-state index < -0.39 is 0 Å². The third-order valence-electron chi connectivity index (χ3n) is 4.13. The highest BCUT2D eigenvalue weighted by atomic mass is 35.5. The molecule has 8 heteroatoms. The quantitative estimate of drug-likeness (QED) is 0.713. The number of carbonyl (C=O) groups is 1. The molecule has 2 atom stereocenters. The zero-order chi connectivity index (χ0) is 14.4. The second-order valence-electron chi connectivity index (χ2n) is 5.35. The molecule has 0 spiro atoms. The van der Waals surface area contributed by atoms with Gasteiger partial charge in [-0.25, -0.2) is 0 Å². The van der Waals surface area contributed by atoms with Gasteiger partial charge in [-0.3, -0.25) is 15.0 Å². The van der Waals surface area contributed by atoms with Crippen molar-refractivity contribution in [3.05, 3.63) is 0 Å². The van der Waals surface area contributed by atoms with Gasteiger partial charge in [-0.05, 0) is 13.3 Å². The molecule has 0 aromatic carbocycles. The zero-order valence-electron chi connectivity index (χ0n) is 13.5. The molecule has 22 heavy (non-hydrogen) atoms. The van der Waals surface area contributed by atoms with Crippen molar-refractivity contribution in [1.29, 1.82) is 0 Å². The lowest BCUT2D eigenvalue weighted by atomic mass is 10.1. The molecule has 0 aliphatic carbocycles. The van der Waals surface area contributed by atoms with Crippen LogP contribution in [0.1, 0.15) is 20.3 Å². The number of thioether (sulfide) groups is 1. The third kappa shape index (κ3) is 6.06. The summed E-state index contributed by atoms with van der Waals surface area (Å²) in [6.45, 7) is 9.47. The standard InChI is InChI=1S/C14H27N3O2S.2ClH/c1-3-12-9-17(14(18)13-10-20-11-15-13)6-5-16(12)7-8-19-4-2;;/h12-13,15H,3-11H2,1-2H3;2*1H. The first-order valence-corrected chi connectivity index (χ1v) is 8.83. The van der Waals surface area contributed by atoms with Gasteiger partial charge in [-0.2, -0.15) is 0 Å². The molecule has 2 heterocycles. The molecule has 132 valence electrons. The minimum atomic E-state index is 0. The highest BCUT2D eigenvalue weighted by molar-refractivity contribution is 7.99. The van der Waals surface area contributed by atoms with Crippen molar-refractivity contribution in [2.75, 3.05) is 51.0 Å². The molecule has 2 aliphatic rings. The monoisotopic (exact) mass is 373 g/mol. The molecule has 0 aromatic rings. The number of nitrogens with one attached hydrogen (secondary N) is 1. The lowest BCUT2D eigenvalue weighted by Crippen LogP contribution is -2.58. The second kappa shape index (κ2) is 11.8. The number of carbonyl (C=O) groups excluding carboxylic acids is 1. The summed E-state index contributed by atoms with van der Waals surface area (Å²) in [7, 11) is 0. The van der Waals surface area contributed by atoms with Crippen LogP contribution in [0.25, 0.3) is 0 Å². The van der Waals surface area contributed by atoms with E-state index in [9.17, 15) is 4.79 Å². The zero-order valence-corrected chi connectivity index (χ0v) is 15.9. The first kappa shape index (κ1) is 22.3. The maximum Gasteiger partial charge on any atom is 0.240 e. The predicted octanol–water partition coefficient (Wildman–Crippen LogP) is 1.45. The van der Waals surface area contributed by atoms with Crippen LogP contribution in [0.4, 0.5) is 0 Å². The van der Waals surface area contributed by atoms with E-state index in [-0.39, 0.29) is 36.8 Å². The number of hydrogen-bond donors (Lipinski definition) is 1. The van der Waals surface area contributed by atoms with Crippen LogP contribution >= 0.6 is 36.6 Å². The van der Waals surface area contributed by atoms with Crippen molar-refractivity contribution in [3.8, 4) is 0 Å². The van der Waals surface area contributed by atoms with Gasteiger partial charge in [0.15, 0.2) is 0 Å². The summed E-state index contributed by atoms with van der Waals surface area (Å²) in [6, 6.07) is 0.509. The Morgan fingerprint density at radius 1 is 1.32 bits per heavy atom. The van der Waals surface area contributed by atoms with Crippen molar-refractivity contribution >= 4 is 42.5 Å². The molecular formula is C14H29Cl2N3O2S. The van der Waals surface area contributed by atoms with Crippen LogP contribution in [0.2, 0.25) is 0 Å². The molecule has 1 amide bonds. The van der Waals surface area contributed by atoms with Gasteiger partial charge in [0.2, 0.25) is 5.91 Å². The van der Waals surface area contributed by atoms with Crippen molar-refractivity contribution in [1.82, 2.24) is 15.1 Å². The Bertz CT molecular complexity index is 320. The highest BCUT2D eigenvalue weighted by Crippen LogP contribution is 2.17. The third-order valence-corrected chi connectivity index (χ3v) is 5.07. The molecule has 2 fully saturated rings. The first-order chi connectivity index (χ1) is 9.76. The van der Waals surface area contributed by atoms with Crippen molar-refractivity contribution in [2.45, 2.75) is 32.4 Å². The summed E-state index contributed by atoms with van der Waals surface area (Å²) < 4.78 is 5.45. The smallest absolute Gasteiger partial charge is 0.240 e. The maximum absolute atomic E-state index is 12.4. The minimum Gasteiger partial charge on any atom is -0.380 e. The van der Waals surface area contributed by atoms with E-state index in [2.05, 4.69) is 22.0 Å². The van der Waals surface area contributed by atoms with Gasteiger partial charge < -0.3 is 9.64 Å². The normalized spacial score (nSPS) is 25.5. The summed E-state index contributed by atoms with van der Waals surface area (Å²) in [6.07, 6.45) is 1.09. The Labute approximate surface area is 150 Å². The summed E-state index contributed by atoms with van der Waals surface area (Å²) in [5.74, 6) is 2.11. The molecule has 2 unspecified atom stereocenters. The fraction of sp³-hybridized carbons (Fsp3) is 0.929. The summed E-state index contributed by atoms with van der Waals surface area (Å²) in [4.78, 5) is 17.0. The highest BCUT2D eigenvalue weighted by Gasteiger charge is 2.32. The largest absolute Gasteiger partial charge is 0.380 e. The Morgan fingerprint density at radius 3 is 2.68 bits per heavy atom. The van der Waals surface area contributed by atoms with Crippen molar-refractivity contribution in [3.63, 3.8) is 0 Å². The molecule has 5 nitrogen and oxygen atoms in total. The van der Waals surface area contributed by atoms with E-state index in [0.29, 0.717) is 6.04 Å². The Balaban J connectivity index is 0.00000220.